The highest BCUT2D eigenvalue weighted by atomic mass is 33.5. The fraction of sp³-hybridized carbons (Fsp3) is 1.00. The molecule has 2 aliphatic rings. The molecule has 2 aliphatic carbocycles. The first kappa shape index (κ1) is 10.2. The van der Waals surface area contributed by atoms with Gasteiger partial charge < -0.3 is 0 Å². The highest BCUT2D eigenvalue weighted by Gasteiger charge is 2.44. The van der Waals surface area contributed by atoms with Crippen LogP contribution in [-0.2, 0) is 11.8 Å². The average Bonchev–Trinajstić information content (AvgIpc) is 2.64. The van der Waals surface area contributed by atoms with Gasteiger partial charge in [-0.25, -0.2) is 0 Å². The third kappa shape index (κ3) is 1.75. The molecule has 0 nitrogen and oxygen atoms in total. The Morgan fingerprint density at radius 1 is 1.33 bits per heavy atom. The fourth-order valence-corrected chi connectivity index (χ4v) is 8.01. The molecular weight excluding hydrogens is 243 g/mol. The minimum absolute atomic E-state index is 0.733. The van der Waals surface area contributed by atoms with Gasteiger partial charge in [0.05, 0.1) is 4.44 Å². The molecule has 0 amide bonds. The van der Waals surface area contributed by atoms with Gasteiger partial charge in [-0.2, -0.15) is 0 Å². The van der Waals surface area contributed by atoms with Gasteiger partial charge in [0, 0.05) is 5.66 Å². The van der Waals surface area contributed by atoms with Gasteiger partial charge in [-0.1, -0.05) is 18.2 Å². The molecule has 2 rings (SSSR count). The van der Waals surface area contributed by atoms with Crippen LogP contribution in [0.1, 0.15) is 25.7 Å². The third-order valence-corrected chi connectivity index (χ3v) is 14.0. The molecule has 0 aromatic carbocycles. The minimum Gasteiger partial charge on any atom is -0.130 e. The zero-order chi connectivity index (χ0) is 8.77. The molecule has 0 N–H and O–H groups in total. The monoisotopic (exact) mass is 256 g/mol. The van der Waals surface area contributed by atoms with Gasteiger partial charge in [0.25, 0.3) is 0 Å². The Morgan fingerprint density at radius 3 is 2.50 bits per heavy atom. The first-order valence-corrected chi connectivity index (χ1v) is 10.8. The van der Waals surface area contributed by atoms with Crippen LogP contribution in [0.4, 0.5) is 0 Å². The van der Waals surface area contributed by atoms with Crippen LogP contribution in [0.2, 0.25) is 0 Å². The van der Waals surface area contributed by atoms with E-state index in [1.165, 1.54) is 25.7 Å². The molecule has 2 fully saturated rings. The zero-order valence-electron chi connectivity index (χ0n) is 6.72. The zero-order valence-corrected chi connectivity index (χ0v) is 11.0. The van der Waals surface area contributed by atoms with Crippen molar-refractivity contribution in [2.75, 3.05) is 0 Å². The van der Waals surface area contributed by atoms with E-state index in [-0.39, 0.29) is 0 Å². The second-order valence-corrected chi connectivity index (χ2v) is 15.5. The van der Waals surface area contributed by atoms with Crippen LogP contribution in [-0.4, -0.2) is 5.66 Å². The van der Waals surface area contributed by atoms with Crippen molar-refractivity contribution >= 4 is 50.6 Å². The molecule has 2 saturated carbocycles. The average molecular weight is 256 g/mol. The SMILES string of the molecule is S=P(S)(SS)C1CC2CCC1C2. The summed E-state index contributed by atoms with van der Waals surface area (Å²) in [6.45, 7) is 0. The maximum Gasteiger partial charge on any atom is 0.0678 e. The van der Waals surface area contributed by atoms with Gasteiger partial charge in [-0.3, -0.25) is 0 Å². The second-order valence-electron chi connectivity index (χ2n) is 3.89. The van der Waals surface area contributed by atoms with E-state index >= 15 is 0 Å². The summed E-state index contributed by atoms with van der Waals surface area (Å²) in [7, 11) is 1.55. The molecule has 4 atom stereocenters. The van der Waals surface area contributed by atoms with Crippen molar-refractivity contribution in [3.63, 3.8) is 0 Å². The summed E-state index contributed by atoms with van der Waals surface area (Å²) in [4.78, 5) is 0. The molecule has 12 heavy (non-hydrogen) atoms. The van der Waals surface area contributed by atoms with Crippen LogP contribution in [0.15, 0.2) is 0 Å². The van der Waals surface area contributed by atoms with E-state index in [4.69, 9.17) is 11.8 Å². The first-order valence-electron chi connectivity index (χ1n) is 4.29. The lowest BCUT2D eigenvalue weighted by Crippen LogP contribution is -2.13. The molecule has 70 valence electrons. The topological polar surface area (TPSA) is 0 Å². The Bertz CT molecular complexity index is 229. The van der Waals surface area contributed by atoms with Crippen LogP contribution in [0.25, 0.3) is 0 Å². The van der Waals surface area contributed by atoms with E-state index < -0.39 is 4.44 Å². The molecule has 5 heteroatoms. The Kier molecular flexibility index (Phi) is 3.15. The smallest absolute Gasteiger partial charge is 0.0678 e. The molecule has 0 saturated heterocycles. The van der Waals surface area contributed by atoms with Crippen molar-refractivity contribution in [3.05, 3.63) is 0 Å². The molecule has 0 heterocycles. The summed E-state index contributed by atoms with van der Waals surface area (Å²) in [6.07, 6.45) is 5.63. The van der Waals surface area contributed by atoms with E-state index in [2.05, 4.69) is 23.9 Å². The lowest BCUT2D eigenvalue weighted by molar-refractivity contribution is 0.490. The van der Waals surface area contributed by atoms with Crippen LogP contribution in [0.3, 0.4) is 0 Å². The number of thiol groups is 2. The first-order chi connectivity index (χ1) is 5.63. The van der Waals surface area contributed by atoms with E-state index in [1.54, 1.807) is 10.4 Å². The van der Waals surface area contributed by atoms with Crippen LogP contribution in [0, 0.1) is 11.8 Å². The standard InChI is InChI=1S/C7H13PS4/c9-8(10,12-11)7-4-5-1-2-6(7)3-5/h5-7,11H,1-4H2,(H,9,10). The number of fused-ring (bicyclic) bond motifs is 2. The highest BCUT2D eigenvalue weighted by Crippen LogP contribution is 2.74. The van der Waals surface area contributed by atoms with Gasteiger partial charge in [-0.15, -0.1) is 23.9 Å². The maximum atomic E-state index is 5.53. The third-order valence-electron chi connectivity index (χ3n) is 3.24. The van der Waals surface area contributed by atoms with Crippen LogP contribution >= 0.6 is 38.8 Å². The largest absolute Gasteiger partial charge is 0.130 e. The van der Waals surface area contributed by atoms with Gasteiger partial charge in [0.2, 0.25) is 0 Å². The molecule has 2 bridgehead atoms. The van der Waals surface area contributed by atoms with Crippen molar-refractivity contribution in [1.82, 2.24) is 0 Å². The van der Waals surface area contributed by atoms with Crippen molar-refractivity contribution in [2.45, 2.75) is 31.3 Å². The van der Waals surface area contributed by atoms with Crippen molar-refractivity contribution < 1.29 is 0 Å². The number of rotatable bonds is 2. The van der Waals surface area contributed by atoms with E-state index in [0.29, 0.717) is 0 Å². The van der Waals surface area contributed by atoms with E-state index in [9.17, 15) is 0 Å². The molecule has 4 unspecified atom stereocenters. The summed E-state index contributed by atoms with van der Waals surface area (Å²) in [5.74, 6) is 1.88. The molecule has 0 spiro atoms. The number of hydrogen-bond acceptors (Lipinski definition) is 3. The summed E-state index contributed by atoms with van der Waals surface area (Å²) < 4.78 is -1.45. The number of hydrogen-bond donors (Lipinski definition) is 2. The molecule has 0 aromatic heterocycles. The van der Waals surface area contributed by atoms with E-state index in [1.807, 2.05) is 0 Å². The summed E-state index contributed by atoms with van der Waals surface area (Å²) in [6, 6.07) is 0. The summed E-state index contributed by atoms with van der Waals surface area (Å²) in [5.41, 5.74) is 0.733. The van der Waals surface area contributed by atoms with Gasteiger partial charge >= 0.3 is 0 Å². The Morgan fingerprint density at radius 2 is 2.08 bits per heavy atom. The fourth-order valence-electron chi connectivity index (χ4n) is 2.67. The van der Waals surface area contributed by atoms with Crippen molar-refractivity contribution in [1.29, 1.82) is 0 Å². The van der Waals surface area contributed by atoms with Crippen molar-refractivity contribution in [3.8, 4) is 0 Å². The molecular formula is C7H13PS4. The van der Waals surface area contributed by atoms with E-state index in [0.717, 1.165) is 17.5 Å². The minimum atomic E-state index is -1.45. The van der Waals surface area contributed by atoms with Gasteiger partial charge in [0.15, 0.2) is 0 Å². The summed E-state index contributed by atoms with van der Waals surface area (Å²) >= 11 is 14.4. The van der Waals surface area contributed by atoms with Crippen molar-refractivity contribution in [2.24, 2.45) is 11.8 Å². The molecule has 0 aliphatic heterocycles. The maximum absolute atomic E-state index is 5.53. The summed E-state index contributed by atoms with van der Waals surface area (Å²) in [5, 5.41) is 0. The predicted molar refractivity (Wildman–Crippen MR) is 69.1 cm³/mol. The quantitative estimate of drug-likeness (QED) is 0.435. The molecule has 0 radical (unpaired) electrons. The Labute approximate surface area is 93.4 Å². The second kappa shape index (κ2) is 3.69. The lowest BCUT2D eigenvalue weighted by Gasteiger charge is -2.28. The highest BCUT2D eigenvalue weighted by molar-refractivity contribution is 9.14. The van der Waals surface area contributed by atoms with Crippen LogP contribution in [0.5, 0.6) is 0 Å². The normalized spacial score (nSPS) is 44.7. The van der Waals surface area contributed by atoms with Gasteiger partial charge in [0.1, 0.15) is 0 Å². The molecule has 0 aromatic rings. The van der Waals surface area contributed by atoms with Crippen LogP contribution < -0.4 is 0 Å². The van der Waals surface area contributed by atoms with Gasteiger partial charge in [-0.05, 0) is 41.5 Å². The Hall–Kier alpha value is 1.70. The predicted octanol–water partition coefficient (Wildman–Crippen LogP) is 3.99. The lowest BCUT2D eigenvalue weighted by atomic mass is 10.0. The Balaban J connectivity index is 2.12.